The van der Waals surface area contributed by atoms with Gasteiger partial charge in [0.15, 0.2) is 5.03 Å². The fourth-order valence-corrected chi connectivity index (χ4v) is 4.98. The molecule has 2 heterocycles. The van der Waals surface area contributed by atoms with Gasteiger partial charge in [0.25, 0.3) is 10.0 Å². The maximum absolute atomic E-state index is 13.5. The lowest BCUT2D eigenvalue weighted by Gasteiger charge is -2.22. The van der Waals surface area contributed by atoms with Crippen molar-refractivity contribution in [1.82, 2.24) is 19.3 Å². The Morgan fingerprint density at radius 3 is 2.29 bits per heavy atom. The number of carboxylic acids is 1. The number of nitrogens with zero attached hydrogens (tertiary/aromatic N) is 4. The molecule has 4 rings (SSSR count). The van der Waals surface area contributed by atoms with Gasteiger partial charge in [-0.05, 0) is 35.2 Å². The summed E-state index contributed by atoms with van der Waals surface area (Å²) in [4.78, 5) is 23.4. The summed E-state index contributed by atoms with van der Waals surface area (Å²) in [6, 6.07) is 19.6. The average Bonchev–Trinajstić information content (AvgIpc) is 2.89. The molecule has 0 saturated heterocycles. The van der Waals surface area contributed by atoms with Gasteiger partial charge in [-0.25, -0.2) is 13.4 Å². The van der Waals surface area contributed by atoms with E-state index in [9.17, 15) is 13.2 Å². The molecule has 35 heavy (non-hydrogen) atoms. The molecule has 1 N–H and O–H groups in total. The van der Waals surface area contributed by atoms with Gasteiger partial charge >= 0.3 is 5.97 Å². The molecule has 0 aliphatic rings. The summed E-state index contributed by atoms with van der Waals surface area (Å²) < 4.78 is 28.4. The molecule has 0 atom stereocenters. The molecule has 0 bridgehead atoms. The van der Waals surface area contributed by atoms with E-state index >= 15 is 0 Å². The standard InChI is InChI=1S/C26H24N4O4S/c31-26(32)12-9-20-4-3-5-22(16-20)19-30(35(33,34)25-6-1-2-13-29-25)18-21-7-10-23(11-8-21)24-17-27-14-15-28-24/h1-8,10-11,13-17H,9,12,18-19H2,(H,31,32). The summed E-state index contributed by atoms with van der Waals surface area (Å²) in [7, 11) is -3.89. The van der Waals surface area contributed by atoms with Gasteiger partial charge < -0.3 is 5.11 Å². The van der Waals surface area contributed by atoms with E-state index in [1.165, 1.54) is 16.6 Å². The first kappa shape index (κ1) is 24.2. The monoisotopic (exact) mass is 488 g/mol. The predicted molar refractivity (Wildman–Crippen MR) is 131 cm³/mol. The van der Waals surface area contributed by atoms with Crippen molar-refractivity contribution in [2.75, 3.05) is 0 Å². The Balaban J connectivity index is 1.61. The predicted octanol–water partition coefficient (Wildman–Crippen LogP) is 3.95. The van der Waals surface area contributed by atoms with Crippen LogP contribution >= 0.6 is 0 Å². The van der Waals surface area contributed by atoms with Crippen LogP contribution in [0.3, 0.4) is 0 Å². The fourth-order valence-electron chi connectivity index (χ4n) is 3.63. The van der Waals surface area contributed by atoms with E-state index in [-0.39, 0.29) is 24.5 Å². The minimum Gasteiger partial charge on any atom is -0.481 e. The largest absolute Gasteiger partial charge is 0.481 e. The first-order valence-electron chi connectivity index (χ1n) is 11.0. The lowest BCUT2D eigenvalue weighted by atomic mass is 10.1. The maximum Gasteiger partial charge on any atom is 0.303 e. The molecule has 2 aromatic carbocycles. The van der Waals surface area contributed by atoms with Crippen molar-refractivity contribution in [3.05, 3.63) is 108 Å². The second-order valence-corrected chi connectivity index (χ2v) is 9.83. The van der Waals surface area contributed by atoms with E-state index in [0.29, 0.717) is 6.42 Å². The van der Waals surface area contributed by atoms with Crippen LogP contribution in [-0.4, -0.2) is 38.8 Å². The van der Waals surface area contributed by atoms with Crippen LogP contribution in [0.5, 0.6) is 0 Å². The van der Waals surface area contributed by atoms with Crippen molar-refractivity contribution in [2.24, 2.45) is 0 Å². The summed E-state index contributed by atoms with van der Waals surface area (Å²) in [5.74, 6) is -0.875. The Kier molecular flexibility index (Phi) is 7.59. The molecule has 0 unspecified atom stereocenters. The van der Waals surface area contributed by atoms with Crippen LogP contribution in [0, 0.1) is 0 Å². The first-order chi connectivity index (χ1) is 16.9. The Morgan fingerprint density at radius 2 is 1.60 bits per heavy atom. The highest BCUT2D eigenvalue weighted by atomic mass is 32.2. The molecule has 2 aromatic heterocycles. The van der Waals surface area contributed by atoms with E-state index < -0.39 is 16.0 Å². The van der Waals surface area contributed by atoms with Crippen LogP contribution in [0.4, 0.5) is 0 Å². The van der Waals surface area contributed by atoms with E-state index in [0.717, 1.165) is 27.9 Å². The number of pyridine rings is 1. The average molecular weight is 489 g/mol. The summed E-state index contributed by atoms with van der Waals surface area (Å²) in [5.41, 5.74) is 4.03. The van der Waals surface area contributed by atoms with E-state index in [1.54, 1.807) is 30.7 Å². The van der Waals surface area contributed by atoms with Crippen molar-refractivity contribution in [2.45, 2.75) is 31.0 Å². The highest BCUT2D eigenvalue weighted by molar-refractivity contribution is 7.89. The molecule has 0 radical (unpaired) electrons. The molecule has 0 spiro atoms. The Labute approximate surface area is 204 Å². The third-order valence-electron chi connectivity index (χ3n) is 5.39. The van der Waals surface area contributed by atoms with Crippen LogP contribution in [0.1, 0.15) is 23.1 Å². The molecule has 0 aliphatic heterocycles. The molecule has 0 fully saturated rings. The molecular weight excluding hydrogens is 464 g/mol. The van der Waals surface area contributed by atoms with Gasteiger partial charge in [-0.1, -0.05) is 54.6 Å². The number of aliphatic carboxylic acids is 1. The fraction of sp³-hybridized carbons (Fsp3) is 0.154. The lowest BCUT2D eigenvalue weighted by Crippen LogP contribution is -2.31. The highest BCUT2D eigenvalue weighted by Gasteiger charge is 2.26. The third kappa shape index (κ3) is 6.34. The Hall–Kier alpha value is -3.95. The Morgan fingerprint density at radius 1 is 0.829 bits per heavy atom. The zero-order chi connectivity index (χ0) is 24.7. The van der Waals surface area contributed by atoms with Crippen LogP contribution in [0.25, 0.3) is 11.3 Å². The van der Waals surface area contributed by atoms with Crippen molar-refractivity contribution >= 4 is 16.0 Å². The maximum atomic E-state index is 13.5. The number of hydrogen-bond acceptors (Lipinski definition) is 6. The molecule has 178 valence electrons. The van der Waals surface area contributed by atoms with Gasteiger partial charge in [0.05, 0.1) is 11.9 Å². The van der Waals surface area contributed by atoms with Crippen molar-refractivity contribution in [3.8, 4) is 11.3 Å². The number of aromatic nitrogens is 3. The van der Waals surface area contributed by atoms with Crippen LogP contribution in [0.15, 0.2) is 96.5 Å². The number of rotatable bonds is 10. The molecule has 0 amide bonds. The molecule has 9 heteroatoms. The number of benzene rings is 2. The van der Waals surface area contributed by atoms with Gasteiger partial charge in [-0.2, -0.15) is 4.31 Å². The molecule has 0 aliphatic carbocycles. The van der Waals surface area contributed by atoms with Gasteiger partial charge in [0, 0.05) is 43.7 Å². The number of carbonyl (C=O) groups is 1. The zero-order valence-corrected chi connectivity index (χ0v) is 19.7. The quantitative estimate of drug-likeness (QED) is 0.360. The summed E-state index contributed by atoms with van der Waals surface area (Å²) in [6.45, 7) is 0.255. The molecule has 4 aromatic rings. The van der Waals surface area contributed by atoms with Gasteiger partial charge in [0.1, 0.15) is 0 Å². The summed E-state index contributed by atoms with van der Waals surface area (Å²) >= 11 is 0. The summed E-state index contributed by atoms with van der Waals surface area (Å²) in [6.07, 6.45) is 6.74. The first-order valence-corrected chi connectivity index (χ1v) is 12.4. The minimum atomic E-state index is -3.89. The minimum absolute atomic E-state index is 0.0115. The molecule has 8 nitrogen and oxygen atoms in total. The number of carboxylic acid groups (broad SMARTS) is 1. The smallest absolute Gasteiger partial charge is 0.303 e. The van der Waals surface area contributed by atoms with Gasteiger partial charge in [-0.15, -0.1) is 0 Å². The van der Waals surface area contributed by atoms with Crippen LogP contribution in [0.2, 0.25) is 0 Å². The molecular formula is C26H24N4O4S. The Bertz CT molecular complexity index is 1380. The second kappa shape index (κ2) is 11.0. The van der Waals surface area contributed by atoms with Crippen LogP contribution < -0.4 is 0 Å². The van der Waals surface area contributed by atoms with E-state index in [2.05, 4.69) is 15.0 Å². The summed E-state index contributed by atoms with van der Waals surface area (Å²) in [5, 5.41) is 8.95. The van der Waals surface area contributed by atoms with Crippen molar-refractivity contribution < 1.29 is 18.3 Å². The lowest BCUT2D eigenvalue weighted by molar-refractivity contribution is -0.136. The van der Waals surface area contributed by atoms with Crippen molar-refractivity contribution in [3.63, 3.8) is 0 Å². The zero-order valence-electron chi connectivity index (χ0n) is 18.9. The second-order valence-electron chi connectivity index (χ2n) is 7.94. The molecule has 0 saturated carbocycles. The highest BCUT2D eigenvalue weighted by Crippen LogP contribution is 2.22. The van der Waals surface area contributed by atoms with Gasteiger partial charge in [0.2, 0.25) is 0 Å². The van der Waals surface area contributed by atoms with Crippen LogP contribution in [-0.2, 0) is 34.3 Å². The SMILES string of the molecule is O=C(O)CCc1cccc(CN(Cc2ccc(-c3cnccn3)cc2)S(=O)(=O)c2ccccn2)c1. The number of hydrogen-bond donors (Lipinski definition) is 1. The van der Waals surface area contributed by atoms with E-state index in [1.807, 2.05) is 48.5 Å². The third-order valence-corrected chi connectivity index (χ3v) is 7.10. The normalized spacial score (nSPS) is 11.5. The van der Waals surface area contributed by atoms with E-state index in [4.69, 9.17) is 5.11 Å². The van der Waals surface area contributed by atoms with Crippen molar-refractivity contribution in [1.29, 1.82) is 0 Å². The topological polar surface area (TPSA) is 113 Å². The number of aryl methyl sites for hydroxylation is 1. The van der Waals surface area contributed by atoms with Gasteiger partial charge in [-0.3, -0.25) is 14.8 Å². The number of sulfonamides is 1.